The molecule has 16 heavy (non-hydrogen) atoms. The minimum atomic E-state index is -0.631. The fraction of sp³-hybridized carbons (Fsp3) is 0.0714. The highest BCUT2D eigenvalue weighted by molar-refractivity contribution is 5.87. The molecule has 2 aromatic carbocycles. The van der Waals surface area contributed by atoms with E-state index < -0.39 is 5.97 Å². The van der Waals surface area contributed by atoms with E-state index in [0.29, 0.717) is 0 Å². The fourth-order valence-corrected chi connectivity index (χ4v) is 1.52. The molecule has 0 amide bonds. The van der Waals surface area contributed by atoms with Gasteiger partial charge in [-0.15, -0.1) is 6.42 Å². The van der Waals surface area contributed by atoms with Gasteiger partial charge in [-0.1, -0.05) is 36.4 Å². The second kappa shape index (κ2) is 4.50. The molecular formula is C14H10O2. The van der Waals surface area contributed by atoms with E-state index in [1.165, 1.54) is 0 Å². The van der Waals surface area contributed by atoms with Crippen molar-refractivity contribution >= 4 is 16.7 Å². The van der Waals surface area contributed by atoms with Crippen LogP contribution < -0.4 is 0 Å². The number of benzene rings is 2. The second-order valence-corrected chi connectivity index (χ2v) is 3.40. The Balaban J connectivity index is 2.20. The Morgan fingerprint density at radius 3 is 2.69 bits per heavy atom. The van der Waals surface area contributed by atoms with Crippen molar-refractivity contribution < 1.29 is 9.53 Å². The predicted octanol–water partition coefficient (Wildman–Crippen LogP) is 2.52. The zero-order chi connectivity index (χ0) is 11.4. The standard InChI is InChI=1S/C14H10O2/c1-2-14(15)16-10-11-7-8-12-5-3-4-6-13(12)9-11/h1,3-9H,10H2. The Morgan fingerprint density at radius 1 is 1.19 bits per heavy atom. The van der Waals surface area contributed by atoms with Crippen molar-refractivity contribution in [3.63, 3.8) is 0 Å². The minimum Gasteiger partial charge on any atom is -0.451 e. The van der Waals surface area contributed by atoms with Crippen LogP contribution in [-0.4, -0.2) is 5.97 Å². The molecule has 0 radical (unpaired) electrons. The number of fused-ring (bicyclic) bond motifs is 1. The number of hydrogen-bond acceptors (Lipinski definition) is 2. The van der Waals surface area contributed by atoms with Crippen LogP contribution in [0.25, 0.3) is 10.8 Å². The van der Waals surface area contributed by atoms with Crippen LogP contribution in [0.2, 0.25) is 0 Å². The maximum atomic E-state index is 10.8. The van der Waals surface area contributed by atoms with E-state index in [2.05, 4.69) is 0 Å². The van der Waals surface area contributed by atoms with E-state index in [4.69, 9.17) is 11.2 Å². The first kappa shape index (κ1) is 10.3. The SMILES string of the molecule is C#CC(=O)OCc1ccc2ccccc2c1. The lowest BCUT2D eigenvalue weighted by Gasteiger charge is -2.03. The Labute approximate surface area is 93.8 Å². The molecule has 0 heterocycles. The lowest BCUT2D eigenvalue weighted by atomic mass is 10.1. The summed E-state index contributed by atoms with van der Waals surface area (Å²) in [5.74, 6) is 1.28. The van der Waals surface area contributed by atoms with Crippen molar-refractivity contribution in [1.29, 1.82) is 0 Å². The summed E-state index contributed by atoms with van der Waals surface area (Å²) in [6.07, 6.45) is 4.90. The summed E-state index contributed by atoms with van der Waals surface area (Å²) >= 11 is 0. The van der Waals surface area contributed by atoms with Crippen molar-refractivity contribution in [3.05, 3.63) is 48.0 Å². The van der Waals surface area contributed by atoms with E-state index in [1.54, 1.807) is 0 Å². The van der Waals surface area contributed by atoms with Gasteiger partial charge < -0.3 is 4.74 Å². The van der Waals surface area contributed by atoms with Gasteiger partial charge in [0.2, 0.25) is 0 Å². The third-order valence-electron chi connectivity index (χ3n) is 2.30. The molecule has 2 rings (SSSR count). The summed E-state index contributed by atoms with van der Waals surface area (Å²) in [5.41, 5.74) is 0.933. The summed E-state index contributed by atoms with van der Waals surface area (Å²) in [4.78, 5) is 10.8. The number of hydrogen-bond donors (Lipinski definition) is 0. The van der Waals surface area contributed by atoms with Gasteiger partial charge in [0.15, 0.2) is 0 Å². The van der Waals surface area contributed by atoms with Crippen LogP contribution in [0.3, 0.4) is 0 Å². The number of esters is 1. The van der Waals surface area contributed by atoms with Gasteiger partial charge in [0, 0.05) is 5.92 Å². The Bertz CT molecular complexity index is 564. The molecule has 0 aliphatic heterocycles. The fourth-order valence-electron chi connectivity index (χ4n) is 1.52. The Morgan fingerprint density at radius 2 is 1.94 bits per heavy atom. The number of ether oxygens (including phenoxy) is 1. The molecule has 0 saturated heterocycles. The van der Waals surface area contributed by atoms with E-state index >= 15 is 0 Å². The van der Waals surface area contributed by atoms with E-state index in [0.717, 1.165) is 16.3 Å². The molecule has 2 nitrogen and oxygen atoms in total. The first-order chi connectivity index (χ1) is 7.79. The van der Waals surface area contributed by atoms with Crippen molar-refractivity contribution in [2.24, 2.45) is 0 Å². The second-order valence-electron chi connectivity index (χ2n) is 3.40. The van der Waals surface area contributed by atoms with Crippen LogP contribution in [0.5, 0.6) is 0 Å². The third-order valence-corrected chi connectivity index (χ3v) is 2.30. The van der Waals surface area contributed by atoms with Crippen molar-refractivity contribution in [3.8, 4) is 12.3 Å². The average Bonchev–Trinajstić information content (AvgIpc) is 2.35. The van der Waals surface area contributed by atoms with Crippen LogP contribution >= 0.6 is 0 Å². The van der Waals surface area contributed by atoms with Gasteiger partial charge in [0.25, 0.3) is 0 Å². The molecule has 0 spiro atoms. The number of carbonyl (C=O) groups excluding carboxylic acids is 1. The normalized spacial score (nSPS) is 9.69. The molecule has 78 valence electrons. The Kier molecular flexibility index (Phi) is 2.88. The first-order valence-electron chi connectivity index (χ1n) is 4.90. The maximum Gasteiger partial charge on any atom is 0.384 e. The zero-order valence-electron chi connectivity index (χ0n) is 8.64. The zero-order valence-corrected chi connectivity index (χ0v) is 8.64. The lowest BCUT2D eigenvalue weighted by Crippen LogP contribution is -2.00. The monoisotopic (exact) mass is 210 g/mol. The molecule has 0 aliphatic rings. The summed E-state index contributed by atoms with van der Waals surface area (Å²) in [6, 6.07) is 13.9. The molecule has 0 aromatic heterocycles. The number of rotatable bonds is 2. The van der Waals surface area contributed by atoms with E-state index in [9.17, 15) is 4.79 Å². The van der Waals surface area contributed by atoms with Gasteiger partial charge in [-0.05, 0) is 22.4 Å². The minimum absolute atomic E-state index is 0.216. The van der Waals surface area contributed by atoms with Crippen molar-refractivity contribution in [2.45, 2.75) is 6.61 Å². The molecule has 0 fully saturated rings. The van der Waals surface area contributed by atoms with Gasteiger partial charge in [-0.3, -0.25) is 0 Å². The smallest absolute Gasteiger partial charge is 0.384 e. The molecule has 2 aromatic rings. The largest absolute Gasteiger partial charge is 0.451 e. The van der Waals surface area contributed by atoms with Crippen molar-refractivity contribution in [2.75, 3.05) is 0 Å². The molecule has 2 heteroatoms. The first-order valence-corrected chi connectivity index (χ1v) is 4.90. The van der Waals surface area contributed by atoms with E-state index in [-0.39, 0.29) is 6.61 Å². The molecule has 0 aliphatic carbocycles. The molecule has 0 bridgehead atoms. The highest BCUT2D eigenvalue weighted by Gasteiger charge is 1.99. The number of carbonyl (C=O) groups is 1. The van der Waals surface area contributed by atoms with Gasteiger partial charge in [0.05, 0.1) is 0 Å². The molecule has 0 N–H and O–H groups in total. The Hall–Kier alpha value is -2.27. The summed E-state index contributed by atoms with van der Waals surface area (Å²) in [6.45, 7) is 0.216. The predicted molar refractivity (Wildman–Crippen MR) is 62.6 cm³/mol. The van der Waals surface area contributed by atoms with Crippen LogP contribution in [0.4, 0.5) is 0 Å². The quantitative estimate of drug-likeness (QED) is 0.432. The average molecular weight is 210 g/mol. The van der Waals surface area contributed by atoms with Gasteiger partial charge in [-0.25, -0.2) is 4.79 Å². The van der Waals surface area contributed by atoms with Gasteiger partial charge >= 0.3 is 5.97 Å². The van der Waals surface area contributed by atoms with Crippen LogP contribution in [0.1, 0.15) is 5.56 Å². The summed E-state index contributed by atoms with van der Waals surface area (Å²) in [7, 11) is 0. The number of terminal acetylenes is 1. The lowest BCUT2D eigenvalue weighted by molar-refractivity contribution is -0.137. The van der Waals surface area contributed by atoms with Crippen LogP contribution in [0.15, 0.2) is 42.5 Å². The summed E-state index contributed by atoms with van der Waals surface area (Å²) < 4.78 is 4.85. The van der Waals surface area contributed by atoms with Crippen molar-refractivity contribution in [1.82, 2.24) is 0 Å². The van der Waals surface area contributed by atoms with Crippen LogP contribution in [0, 0.1) is 12.3 Å². The molecule has 0 unspecified atom stereocenters. The summed E-state index contributed by atoms with van der Waals surface area (Å²) in [5, 5.41) is 2.28. The molecular weight excluding hydrogens is 200 g/mol. The molecule has 0 atom stereocenters. The third kappa shape index (κ3) is 2.21. The van der Waals surface area contributed by atoms with Gasteiger partial charge in [-0.2, -0.15) is 0 Å². The van der Waals surface area contributed by atoms with Crippen LogP contribution in [-0.2, 0) is 16.1 Å². The highest BCUT2D eigenvalue weighted by Crippen LogP contribution is 2.16. The topological polar surface area (TPSA) is 26.3 Å². The molecule has 0 saturated carbocycles. The highest BCUT2D eigenvalue weighted by atomic mass is 16.5. The maximum absolute atomic E-state index is 10.8. The van der Waals surface area contributed by atoms with E-state index in [1.807, 2.05) is 48.4 Å². The van der Waals surface area contributed by atoms with Gasteiger partial charge in [0.1, 0.15) is 6.61 Å².